The first kappa shape index (κ1) is 21.2. The van der Waals surface area contributed by atoms with E-state index < -0.39 is 0 Å². The fourth-order valence-electron chi connectivity index (χ4n) is 2.98. The number of rotatable bonds is 7. The average Bonchev–Trinajstić information content (AvgIpc) is 2.74. The van der Waals surface area contributed by atoms with Crippen LogP contribution in [-0.4, -0.2) is 36.6 Å². The van der Waals surface area contributed by atoms with Crippen molar-refractivity contribution in [2.24, 2.45) is 10.5 Å². The van der Waals surface area contributed by atoms with Crippen molar-refractivity contribution in [3.63, 3.8) is 0 Å². The number of hydrogen-bond donors (Lipinski definition) is 1. The van der Waals surface area contributed by atoms with Gasteiger partial charge in [0.15, 0.2) is 0 Å². The molecule has 0 amide bonds. The molecule has 0 bridgehead atoms. The van der Waals surface area contributed by atoms with Crippen LogP contribution < -0.4 is 21.6 Å². The maximum absolute atomic E-state index is 13.4. The van der Waals surface area contributed by atoms with Crippen molar-refractivity contribution < 1.29 is 0 Å². The monoisotopic (exact) mass is 425 g/mol. The van der Waals surface area contributed by atoms with Crippen LogP contribution in [0.4, 0.5) is 5.69 Å². The van der Waals surface area contributed by atoms with Crippen LogP contribution >= 0.6 is 20.5 Å². The van der Waals surface area contributed by atoms with E-state index in [-0.39, 0.29) is 20.8 Å². The molecule has 2 N–H and O–H groups in total. The summed E-state index contributed by atoms with van der Waals surface area (Å²) in [6.07, 6.45) is 2.02. The van der Waals surface area contributed by atoms with Gasteiger partial charge in [-0.3, -0.25) is 14.1 Å². The van der Waals surface area contributed by atoms with E-state index in [2.05, 4.69) is 11.5 Å². The number of anilines is 1. The quantitative estimate of drug-likeness (QED) is 0.358. The third-order valence-corrected chi connectivity index (χ3v) is 6.07. The van der Waals surface area contributed by atoms with Crippen LogP contribution in [0.1, 0.15) is 5.56 Å². The van der Waals surface area contributed by atoms with Gasteiger partial charge in [-0.15, -0.1) is 11.8 Å². The molecule has 0 aliphatic rings. The molecule has 0 aliphatic carbocycles. The lowest BCUT2D eigenvalue weighted by Gasteiger charge is -2.17. The Balaban J connectivity index is 2.28. The Morgan fingerprint density at radius 2 is 1.83 bits per heavy atom. The molecule has 6 nitrogen and oxygen atoms in total. The Morgan fingerprint density at radius 3 is 2.34 bits per heavy atom. The minimum Gasteiger partial charge on any atom is -0.378 e. The molecule has 1 aromatic heterocycles. The smallest absolute Gasteiger partial charge is 0.263 e. The molecular formula is C21H24N5OPS. The highest BCUT2D eigenvalue weighted by Gasteiger charge is 2.18. The van der Waals surface area contributed by atoms with Gasteiger partial charge in [-0.1, -0.05) is 0 Å². The van der Waals surface area contributed by atoms with Crippen LogP contribution in [0.25, 0.3) is 17.1 Å². The number of hydrogen-bond acceptors (Lipinski definition) is 6. The number of benzene rings is 2. The Bertz CT molecular complexity index is 1060. The van der Waals surface area contributed by atoms with Gasteiger partial charge in [0, 0.05) is 36.8 Å². The van der Waals surface area contributed by atoms with E-state index in [1.54, 1.807) is 16.3 Å². The predicted molar refractivity (Wildman–Crippen MR) is 127 cm³/mol. The standard InChI is InChI=1S/C21H24N5OPS/c1-23-28-20-18(13-22)21(27)26(16-9-11-17(29-4)12-10-16)19(24-20)14-5-7-15(8-6-14)25(2)3/h5-12,28H,1,13,22H2,2-4H3. The van der Waals surface area contributed by atoms with Gasteiger partial charge < -0.3 is 10.6 Å². The minimum atomic E-state index is -0.169. The molecule has 0 fully saturated rings. The number of nitrogens with zero attached hydrogens (tertiary/aromatic N) is 4. The molecule has 0 radical (unpaired) electrons. The lowest BCUT2D eigenvalue weighted by molar-refractivity contribution is 0.904. The molecule has 0 saturated heterocycles. The highest BCUT2D eigenvalue weighted by Crippen LogP contribution is 2.25. The van der Waals surface area contributed by atoms with Gasteiger partial charge in [-0.05, 0) is 61.5 Å². The summed E-state index contributed by atoms with van der Waals surface area (Å²) in [6, 6.07) is 15.8. The largest absolute Gasteiger partial charge is 0.378 e. The zero-order valence-corrected chi connectivity index (χ0v) is 18.5. The zero-order valence-electron chi connectivity index (χ0n) is 16.7. The van der Waals surface area contributed by atoms with Gasteiger partial charge in [0.1, 0.15) is 5.82 Å². The first-order valence-corrected chi connectivity index (χ1v) is 11.2. The molecule has 150 valence electrons. The number of nitrogens with two attached hydrogens (primary N) is 1. The van der Waals surface area contributed by atoms with E-state index in [0.717, 1.165) is 21.8 Å². The molecule has 1 atom stereocenters. The molecule has 29 heavy (non-hydrogen) atoms. The molecule has 1 unspecified atom stereocenters. The van der Waals surface area contributed by atoms with Crippen LogP contribution in [0, 0.1) is 0 Å². The number of aromatic nitrogens is 2. The van der Waals surface area contributed by atoms with Crippen LogP contribution in [0.15, 0.2) is 63.0 Å². The summed E-state index contributed by atoms with van der Waals surface area (Å²) in [5, 5.41) is 0. The van der Waals surface area contributed by atoms with Crippen molar-refractivity contribution in [2.75, 3.05) is 25.3 Å². The predicted octanol–water partition coefficient (Wildman–Crippen LogP) is 3.07. The summed E-state index contributed by atoms with van der Waals surface area (Å²) >= 11 is 1.65. The Morgan fingerprint density at radius 1 is 1.17 bits per heavy atom. The Labute approximate surface area is 176 Å². The molecule has 2 aromatic carbocycles. The lowest BCUT2D eigenvalue weighted by Crippen LogP contribution is -2.33. The molecule has 0 saturated carbocycles. The topological polar surface area (TPSA) is 76.5 Å². The van der Waals surface area contributed by atoms with Crippen molar-refractivity contribution in [1.29, 1.82) is 0 Å². The van der Waals surface area contributed by atoms with E-state index >= 15 is 0 Å². The molecule has 1 heterocycles. The molecule has 3 aromatic rings. The van der Waals surface area contributed by atoms with E-state index in [9.17, 15) is 4.79 Å². The van der Waals surface area contributed by atoms with Crippen molar-refractivity contribution in [1.82, 2.24) is 9.55 Å². The molecule has 0 spiro atoms. The summed E-state index contributed by atoms with van der Waals surface area (Å²) in [7, 11) is 3.95. The van der Waals surface area contributed by atoms with Crippen LogP contribution in [0.3, 0.4) is 0 Å². The van der Waals surface area contributed by atoms with Crippen molar-refractivity contribution in [3.8, 4) is 17.1 Å². The fraction of sp³-hybridized carbons (Fsp3) is 0.190. The van der Waals surface area contributed by atoms with Crippen LogP contribution in [-0.2, 0) is 6.54 Å². The summed E-state index contributed by atoms with van der Waals surface area (Å²) in [4.78, 5) is 21.3. The lowest BCUT2D eigenvalue weighted by atomic mass is 10.1. The molecular weight excluding hydrogens is 401 g/mol. The van der Waals surface area contributed by atoms with Gasteiger partial charge >= 0.3 is 0 Å². The summed E-state index contributed by atoms with van der Waals surface area (Å²) < 4.78 is 5.59. The van der Waals surface area contributed by atoms with E-state index in [0.29, 0.717) is 16.8 Å². The average molecular weight is 425 g/mol. The van der Waals surface area contributed by atoms with E-state index in [1.807, 2.05) is 73.8 Å². The number of thioether (sulfide) groups is 1. The highest BCUT2D eigenvalue weighted by atomic mass is 32.2. The van der Waals surface area contributed by atoms with Gasteiger partial charge in [-0.25, -0.2) is 4.98 Å². The van der Waals surface area contributed by atoms with Crippen molar-refractivity contribution >= 4 is 38.3 Å². The minimum absolute atomic E-state index is 0.0260. The normalized spacial score (nSPS) is 11.2. The third kappa shape index (κ3) is 4.42. The van der Waals surface area contributed by atoms with Gasteiger partial charge in [-0.2, -0.15) is 0 Å². The second-order valence-corrected chi connectivity index (χ2v) is 8.41. The SMILES string of the molecule is C=NPc1nc(-c2ccc(N(C)C)cc2)n(-c2ccc(SC)cc2)c(=O)c1CN. The van der Waals surface area contributed by atoms with Gasteiger partial charge in [0.25, 0.3) is 5.56 Å². The molecule has 3 rings (SSSR count). The Kier molecular flexibility index (Phi) is 6.85. The summed E-state index contributed by atoms with van der Waals surface area (Å²) in [5.41, 5.74) is 9.46. The van der Waals surface area contributed by atoms with Crippen LogP contribution in [0.5, 0.6) is 0 Å². The second kappa shape index (κ2) is 9.35. The Hall–Kier alpha value is -2.47. The third-order valence-electron chi connectivity index (χ3n) is 4.54. The zero-order chi connectivity index (χ0) is 21.0. The first-order chi connectivity index (χ1) is 14.0. The first-order valence-electron chi connectivity index (χ1n) is 9.00. The molecule has 0 aliphatic heterocycles. The van der Waals surface area contributed by atoms with Gasteiger partial charge in [0.05, 0.1) is 25.4 Å². The maximum Gasteiger partial charge on any atom is 0.263 e. The van der Waals surface area contributed by atoms with E-state index in [1.165, 1.54) is 0 Å². The summed E-state index contributed by atoms with van der Waals surface area (Å²) in [6.45, 7) is 3.66. The van der Waals surface area contributed by atoms with Crippen molar-refractivity contribution in [3.05, 3.63) is 64.4 Å². The highest BCUT2D eigenvalue weighted by molar-refractivity contribution is 7.98. The van der Waals surface area contributed by atoms with Crippen molar-refractivity contribution in [2.45, 2.75) is 11.4 Å². The van der Waals surface area contributed by atoms with Crippen LogP contribution in [0.2, 0.25) is 0 Å². The molecule has 8 heteroatoms. The van der Waals surface area contributed by atoms with E-state index in [4.69, 9.17) is 10.7 Å². The second-order valence-electron chi connectivity index (χ2n) is 6.52. The maximum atomic E-state index is 13.4. The van der Waals surface area contributed by atoms with Gasteiger partial charge in [0.2, 0.25) is 0 Å². The summed E-state index contributed by atoms with van der Waals surface area (Å²) in [5.74, 6) is 0.570. The fourth-order valence-corrected chi connectivity index (χ4v) is 4.04.